The number of piperidine rings is 1. The highest BCUT2D eigenvalue weighted by molar-refractivity contribution is 5.24. The molecule has 3 nitrogen and oxygen atoms in total. The maximum absolute atomic E-state index is 9.96. The van der Waals surface area contributed by atoms with E-state index in [1.54, 1.807) is 0 Å². The predicted octanol–water partition coefficient (Wildman–Crippen LogP) is 2.61. The molecule has 0 saturated carbocycles. The van der Waals surface area contributed by atoms with Crippen LogP contribution in [0.2, 0.25) is 0 Å². The van der Waals surface area contributed by atoms with Gasteiger partial charge in [-0.15, -0.1) is 0 Å². The Bertz CT molecular complexity index is 395. The fourth-order valence-corrected chi connectivity index (χ4v) is 3.39. The minimum absolute atomic E-state index is 0.138. The molecule has 118 valence electrons. The summed E-state index contributed by atoms with van der Waals surface area (Å²) in [6.07, 6.45) is 4.91. The van der Waals surface area contributed by atoms with Crippen molar-refractivity contribution >= 4 is 0 Å². The van der Waals surface area contributed by atoms with Gasteiger partial charge in [0.15, 0.2) is 0 Å². The largest absolute Gasteiger partial charge is 0.394 e. The van der Waals surface area contributed by atoms with E-state index in [1.165, 1.54) is 37.9 Å². The molecule has 1 saturated heterocycles. The molecule has 1 aliphatic rings. The molecule has 1 fully saturated rings. The average Bonchev–Trinajstić information content (AvgIpc) is 2.58. The molecule has 2 N–H and O–H groups in total. The zero-order valence-electron chi connectivity index (χ0n) is 13.5. The number of nitrogens with zero attached hydrogens (tertiary/aromatic N) is 1. The van der Waals surface area contributed by atoms with Crippen molar-refractivity contribution in [1.82, 2.24) is 10.2 Å². The summed E-state index contributed by atoms with van der Waals surface area (Å²) in [7, 11) is 1.95. The van der Waals surface area contributed by atoms with Crippen molar-refractivity contribution in [3.05, 3.63) is 35.9 Å². The maximum Gasteiger partial charge on any atom is 0.0678 e. The van der Waals surface area contributed by atoms with Crippen LogP contribution in [-0.4, -0.2) is 43.3 Å². The van der Waals surface area contributed by atoms with Crippen molar-refractivity contribution < 1.29 is 5.11 Å². The van der Waals surface area contributed by atoms with Gasteiger partial charge in [0, 0.05) is 6.54 Å². The van der Waals surface area contributed by atoms with Gasteiger partial charge >= 0.3 is 0 Å². The highest BCUT2D eigenvalue weighted by Crippen LogP contribution is 2.26. The van der Waals surface area contributed by atoms with Gasteiger partial charge in [-0.05, 0) is 50.9 Å². The van der Waals surface area contributed by atoms with E-state index in [9.17, 15) is 5.11 Å². The molecule has 2 rings (SSSR count). The number of likely N-dealkylation sites (tertiary alicyclic amines) is 1. The number of nitrogens with one attached hydrogen (secondary N) is 1. The van der Waals surface area contributed by atoms with Crippen molar-refractivity contribution in [3.63, 3.8) is 0 Å². The highest BCUT2D eigenvalue weighted by atomic mass is 16.3. The summed E-state index contributed by atoms with van der Waals surface area (Å²) in [6.45, 7) is 5.90. The van der Waals surface area contributed by atoms with E-state index in [2.05, 4.69) is 29.3 Å². The lowest BCUT2D eigenvalue weighted by Gasteiger charge is -2.37. The Hall–Kier alpha value is -0.900. The molecule has 1 unspecified atom stereocenters. The summed E-state index contributed by atoms with van der Waals surface area (Å²) in [4.78, 5) is 2.55. The molecule has 0 bridgehead atoms. The third kappa shape index (κ3) is 4.06. The number of benzene rings is 1. The zero-order chi connectivity index (χ0) is 15.1. The molecule has 0 spiro atoms. The first-order valence-corrected chi connectivity index (χ1v) is 8.31. The molecule has 0 aromatic heterocycles. The number of likely N-dealkylation sites (N-methyl/N-ethyl adjacent to an activating group) is 1. The Kier molecular flexibility index (Phi) is 6.22. The number of hydrogen-bond donors (Lipinski definition) is 2. The summed E-state index contributed by atoms with van der Waals surface area (Å²) in [5.41, 5.74) is 0.863. The van der Waals surface area contributed by atoms with Crippen molar-refractivity contribution in [2.75, 3.05) is 33.3 Å². The van der Waals surface area contributed by atoms with Crippen LogP contribution in [0.4, 0.5) is 0 Å². The van der Waals surface area contributed by atoms with E-state index in [1.807, 2.05) is 25.2 Å². The molecule has 21 heavy (non-hydrogen) atoms. The lowest BCUT2D eigenvalue weighted by Crippen LogP contribution is -2.47. The van der Waals surface area contributed by atoms with Crippen molar-refractivity contribution in [3.8, 4) is 0 Å². The van der Waals surface area contributed by atoms with Gasteiger partial charge in [0.2, 0.25) is 0 Å². The molecule has 1 aromatic carbocycles. The summed E-state index contributed by atoms with van der Waals surface area (Å²) < 4.78 is 0. The van der Waals surface area contributed by atoms with Crippen LogP contribution in [0.1, 0.15) is 38.2 Å². The number of hydrogen-bond acceptors (Lipinski definition) is 3. The summed E-state index contributed by atoms with van der Waals surface area (Å²) in [5.74, 6) is 0.919. The van der Waals surface area contributed by atoms with Gasteiger partial charge in [0.25, 0.3) is 0 Å². The van der Waals surface area contributed by atoms with Gasteiger partial charge in [0.05, 0.1) is 12.1 Å². The monoisotopic (exact) mass is 290 g/mol. The Labute approximate surface area is 129 Å². The van der Waals surface area contributed by atoms with Crippen LogP contribution in [0.3, 0.4) is 0 Å². The van der Waals surface area contributed by atoms with Crippen molar-refractivity contribution in [2.24, 2.45) is 5.92 Å². The van der Waals surface area contributed by atoms with Gasteiger partial charge in [-0.2, -0.15) is 0 Å². The molecule has 1 atom stereocenters. The van der Waals surface area contributed by atoms with Crippen LogP contribution < -0.4 is 5.32 Å². The summed E-state index contributed by atoms with van der Waals surface area (Å²) >= 11 is 0. The number of aliphatic hydroxyl groups excluding tert-OH is 1. The molecular weight excluding hydrogens is 260 g/mol. The van der Waals surface area contributed by atoms with Gasteiger partial charge in [-0.1, -0.05) is 43.7 Å². The zero-order valence-corrected chi connectivity index (χ0v) is 13.5. The van der Waals surface area contributed by atoms with Gasteiger partial charge < -0.3 is 15.3 Å². The predicted molar refractivity (Wildman–Crippen MR) is 88.3 cm³/mol. The van der Waals surface area contributed by atoms with E-state index < -0.39 is 0 Å². The van der Waals surface area contributed by atoms with Gasteiger partial charge in [0.1, 0.15) is 0 Å². The molecule has 0 aliphatic carbocycles. The minimum atomic E-state index is -0.317. The number of aliphatic hydroxyl groups is 1. The first kappa shape index (κ1) is 16.5. The normalized spacial score (nSPS) is 20.3. The first-order valence-electron chi connectivity index (χ1n) is 8.31. The summed E-state index contributed by atoms with van der Waals surface area (Å²) in [5, 5.41) is 13.3. The van der Waals surface area contributed by atoms with Crippen LogP contribution >= 0.6 is 0 Å². The third-order valence-electron chi connectivity index (χ3n) is 5.21. The Morgan fingerprint density at radius 1 is 1.24 bits per heavy atom. The van der Waals surface area contributed by atoms with Crippen LogP contribution in [0.15, 0.2) is 30.3 Å². The number of rotatable bonds is 7. The highest BCUT2D eigenvalue weighted by Gasteiger charge is 2.30. The average molecular weight is 290 g/mol. The molecule has 0 radical (unpaired) electrons. The van der Waals surface area contributed by atoms with Crippen LogP contribution in [0.5, 0.6) is 0 Å². The maximum atomic E-state index is 9.96. The standard InChI is InChI=1S/C18H30N2O/c1-3-16-9-12-20(13-10-16)14-11-18(15-21,19-2)17-7-5-4-6-8-17/h4-8,16,19,21H,3,9-15H2,1-2H3. The van der Waals surface area contributed by atoms with Crippen molar-refractivity contribution in [1.29, 1.82) is 0 Å². The fraction of sp³-hybridized carbons (Fsp3) is 0.667. The van der Waals surface area contributed by atoms with Crippen LogP contribution in [-0.2, 0) is 5.54 Å². The molecular formula is C18H30N2O. The Morgan fingerprint density at radius 3 is 2.43 bits per heavy atom. The second-order valence-corrected chi connectivity index (χ2v) is 6.30. The second-order valence-electron chi connectivity index (χ2n) is 6.30. The quantitative estimate of drug-likeness (QED) is 0.810. The molecule has 1 heterocycles. The van der Waals surface area contributed by atoms with E-state index in [4.69, 9.17) is 0 Å². The first-order chi connectivity index (χ1) is 10.2. The molecule has 0 amide bonds. The summed E-state index contributed by atoms with van der Waals surface area (Å²) in [6, 6.07) is 10.3. The molecule has 3 heteroatoms. The van der Waals surface area contributed by atoms with Gasteiger partial charge in [-0.3, -0.25) is 0 Å². The molecule has 1 aliphatic heterocycles. The smallest absolute Gasteiger partial charge is 0.0678 e. The lowest BCUT2D eigenvalue weighted by atomic mass is 9.86. The van der Waals surface area contributed by atoms with Crippen LogP contribution in [0.25, 0.3) is 0 Å². The lowest BCUT2D eigenvalue weighted by molar-refractivity contribution is 0.121. The fourth-order valence-electron chi connectivity index (χ4n) is 3.39. The van der Waals surface area contributed by atoms with E-state index >= 15 is 0 Å². The van der Waals surface area contributed by atoms with Crippen LogP contribution in [0, 0.1) is 5.92 Å². The topological polar surface area (TPSA) is 35.5 Å². The van der Waals surface area contributed by atoms with E-state index in [-0.39, 0.29) is 12.1 Å². The van der Waals surface area contributed by atoms with E-state index in [0.29, 0.717) is 0 Å². The van der Waals surface area contributed by atoms with E-state index in [0.717, 1.165) is 18.9 Å². The van der Waals surface area contributed by atoms with Gasteiger partial charge in [-0.25, -0.2) is 0 Å². The van der Waals surface area contributed by atoms with Crippen molar-refractivity contribution in [2.45, 2.75) is 38.1 Å². The third-order valence-corrected chi connectivity index (χ3v) is 5.21. The molecule has 1 aromatic rings. The minimum Gasteiger partial charge on any atom is -0.394 e. The second kappa shape index (κ2) is 7.92. The Balaban J connectivity index is 1.95. The SMILES string of the molecule is CCC1CCN(CCC(CO)(NC)c2ccccc2)CC1. The Morgan fingerprint density at radius 2 is 1.90 bits per heavy atom.